The molecule has 0 aliphatic heterocycles. The molecule has 0 saturated carbocycles. The highest BCUT2D eigenvalue weighted by Gasteiger charge is 2.27. The maximum absolute atomic E-state index is 12.5. The number of anilines is 1. The van der Waals surface area contributed by atoms with Crippen LogP contribution in [-0.4, -0.2) is 41.5 Å². The number of nitrogens with two attached hydrogens (primary N) is 1. The van der Waals surface area contributed by atoms with E-state index >= 15 is 0 Å². The fourth-order valence-electron chi connectivity index (χ4n) is 1.86. The van der Waals surface area contributed by atoms with E-state index in [1.807, 2.05) is 13.8 Å². The van der Waals surface area contributed by atoms with Crippen molar-refractivity contribution in [1.29, 1.82) is 0 Å². The Kier molecular flexibility index (Phi) is 6.71. The first-order valence-corrected chi connectivity index (χ1v) is 7.38. The van der Waals surface area contributed by atoms with E-state index in [1.165, 1.54) is 11.8 Å². The molecule has 0 fully saturated rings. The van der Waals surface area contributed by atoms with Crippen LogP contribution in [0.5, 0.6) is 0 Å². The van der Waals surface area contributed by atoms with Crippen LogP contribution in [0.1, 0.15) is 20.8 Å². The molecular weight excluding hydrogens is 298 g/mol. The Bertz CT molecular complexity index is 560. The largest absolute Gasteiger partial charge is 0.480 e. The van der Waals surface area contributed by atoms with Crippen LogP contribution in [0.25, 0.3) is 0 Å². The van der Waals surface area contributed by atoms with Gasteiger partial charge in [0.25, 0.3) is 0 Å². The molecular formula is C16H23N3O4. The molecule has 2 atom stereocenters. The number of nitrogens with zero attached hydrogens (tertiary/aromatic N) is 1. The normalized spacial score (nSPS) is 13.3. The molecule has 0 unspecified atom stereocenters. The zero-order chi connectivity index (χ0) is 17.6. The Labute approximate surface area is 135 Å². The Morgan fingerprint density at radius 3 is 2.22 bits per heavy atom. The summed E-state index contributed by atoms with van der Waals surface area (Å²) in [5, 5.41) is 11.2. The molecule has 0 bridgehead atoms. The minimum absolute atomic E-state index is 0.0882. The fraction of sp³-hybridized carbons (Fsp3) is 0.438. The summed E-state index contributed by atoms with van der Waals surface area (Å²) in [4.78, 5) is 36.7. The number of rotatable bonds is 7. The third-order valence-electron chi connectivity index (χ3n) is 3.39. The van der Waals surface area contributed by atoms with Crippen molar-refractivity contribution in [3.8, 4) is 0 Å². The van der Waals surface area contributed by atoms with Crippen LogP contribution in [0.15, 0.2) is 30.3 Å². The van der Waals surface area contributed by atoms with Crippen molar-refractivity contribution >= 4 is 23.5 Å². The highest BCUT2D eigenvalue weighted by Crippen LogP contribution is 2.16. The van der Waals surface area contributed by atoms with Crippen molar-refractivity contribution in [3.05, 3.63) is 30.3 Å². The van der Waals surface area contributed by atoms with Crippen LogP contribution in [0.4, 0.5) is 5.69 Å². The molecule has 0 saturated heterocycles. The van der Waals surface area contributed by atoms with Gasteiger partial charge in [-0.2, -0.15) is 0 Å². The Hall–Kier alpha value is -2.41. The van der Waals surface area contributed by atoms with E-state index in [9.17, 15) is 14.4 Å². The predicted octanol–water partition coefficient (Wildman–Crippen LogP) is 0.592. The van der Waals surface area contributed by atoms with Crippen LogP contribution in [0.2, 0.25) is 0 Å². The number of carboxylic acids is 1. The van der Waals surface area contributed by atoms with Crippen LogP contribution in [-0.2, 0) is 14.4 Å². The van der Waals surface area contributed by atoms with Crippen molar-refractivity contribution in [2.75, 3.05) is 11.4 Å². The molecule has 1 aromatic carbocycles. The number of carbonyl (C=O) groups excluding carboxylic acids is 2. The standard InChI is InChI=1S/C16H23N3O4/c1-10(2)14(17)15(21)19(12-7-5-4-6-8-12)9-13(20)18-11(3)16(22)23/h4-8,10-11,14H,9,17H2,1-3H3,(H,18,20)(H,22,23)/t11-,14-/m0/s1. The summed E-state index contributed by atoms with van der Waals surface area (Å²) in [5.74, 6) is -2.18. The van der Waals surface area contributed by atoms with Crippen molar-refractivity contribution in [2.45, 2.75) is 32.9 Å². The summed E-state index contributed by atoms with van der Waals surface area (Å²) in [6, 6.07) is 6.88. The highest BCUT2D eigenvalue weighted by atomic mass is 16.4. The van der Waals surface area contributed by atoms with Crippen LogP contribution >= 0.6 is 0 Å². The quantitative estimate of drug-likeness (QED) is 0.680. The first kappa shape index (κ1) is 18.6. The molecule has 7 nitrogen and oxygen atoms in total. The monoisotopic (exact) mass is 321 g/mol. The van der Waals surface area contributed by atoms with E-state index in [0.717, 1.165) is 0 Å². The van der Waals surface area contributed by atoms with Gasteiger partial charge in [0.15, 0.2) is 0 Å². The lowest BCUT2D eigenvalue weighted by molar-refractivity contribution is -0.141. The second kappa shape index (κ2) is 8.28. The first-order valence-electron chi connectivity index (χ1n) is 7.38. The van der Waals surface area contributed by atoms with E-state index in [2.05, 4.69) is 5.32 Å². The summed E-state index contributed by atoms with van der Waals surface area (Å²) >= 11 is 0. The SMILES string of the molecule is CC(C)[C@H](N)C(=O)N(CC(=O)N[C@@H](C)C(=O)O)c1ccccc1. The first-order chi connectivity index (χ1) is 10.7. The summed E-state index contributed by atoms with van der Waals surface area (Å²) < 4.78 is 0. The van der Waals surface area contributed by atoms with E-state index in [-0.39, 0.29) is 18.4 Å². The maximum Gasteiger partial charge on any atom is 0.325 e. The van der Waals surface area contributed by atoms with Gasteiger partial charge in [-0.1, -0.05) is 32.0 Å². The van der Waals surface area contributed by atoms with Gasteiger partial charge in [-0.25, -0.2) is 0 Å². The molecule has 7 heteroatoms. The summed E-state index contributed by atoms with van der Waals surface area (Å²) in [6.45, 7) is 4.70. The zero-order valence-electron chi connectivity index (χ0n) is 13.5. The zero-order valence-corrected chi connectivity index (χ0v) is 13.5. The average molecular weight is 321 g/mol. The summed E-state index contributed by atoms with van der Waals surface area (Å²) in [7, 11) is 0. The molecule has 1 aromatic rings. The smallest absolute Gasteiger partial charge is 0.325 e. The number of amides is 2. The van der Waals surface area contributed by atoms with Crippen LogP contribution in [0.3, 0.4) is 0 Å². The number of benzene rings is 1. The van der Waals surface area contributed by atoms with Gasteiger partial charge in [-0.05, 0) is 25.0 Å². The molecule has 0 radical (unpaired) electrons. The number of para-hydroxylation sites is 1. The topological polar surface area (TPSA) is 113 Å². The molecule has 0 aliphatic carbocycles. The molecule has 0 spiro atoms. The minimum atomic E-state index is -1.14. The van der Waals surface area contributed by atoms with Crippen molar-refractivity contribution in [3.63, 3.8) is 0 Å². The molecule has 2 amide bonds. The molecule has 4 N–H and O–H groups in total. The summed E-state index contributed by atoms with van der Waals surface area (Å²) in [6.07, 6.45) is 0. The third-order valence-corrected chi connectivity index (χ3v) is 3.39. The lowest BCUT2D eigenvalue weighted by Gasteiger charge is -2.27. The second-order valence-electron chi connectivity index (χ2n) is 5.66. The molecule has 0 aliphatic rings. The van der Waals surface area contributed by atoms with Gasteiger partial charge in [-0.3, -0.25) is 14.4 Å². The minimum Gasteiger partial charge on any atom is -0.480 e. The number of nitrogens with one attached hydrogen (secondary N) is 1. The van der Waals surface area contributed by atoms with Gasteiger partial charge < -0.3 is 21.1 Å². The van der Waals surface area contributed by atoms with Crippen molar-refractivity contribution in [2.24, 2.45) is 11.7 Å². The Morgan fingerprint density at radius 1 is 1.17 bits per heavy atom. The van der Waals surface area contributed by atoms with Gasteiger partial charge in [0.05, 0.1) is 6.04 Å². The van der Waals surface area contributed by atoms with Crippen LogP contribution < -0.4 is 16.0 Å². The third kappa shape index (κ3) is 5.37. The van der Waals surface area contributed by atoms with Crippen molar-refractivity contribution < 1.29 is 19.5 Å². The number of carboxylic acid groups (broad SMARTS) is 1. The highest BCUT2D eigenvalue weighted by molar-refractivity contribution is 6.01. The Morgan fingerprint density at radius 2 is 1.74 bits per heavy atom. The van der Waals surface area contributed by atoms with E-state index in [1.54, 1.807) is 30.3 Å². The molecule has 1 rings (SSSR count). The van der Waals surface area contributed by atoms with Crippen LogP contribution in [0, 0.1) is 5.92 Å². The van der Waals surface area contributed by atoms with E-state index < -0.39 is 24.0 Å². The summed E-state index contributed by atoms with van der Waals surface area (Å²) in [5.41, 5.74) is 6.44. The van der Waals surface area contributed by atoms with Gasteiger partial charge in [-0.15, -0.1) is 0 Å². The molecule has 0 heterocycles. The number of hydrogen-bond acceptors (Lipinski definition) is 4. The van der Waals surface area contributed by atoms with Gasteiger partial charge in [0.2, 0.25) is 11.8 Å². The lowest BCUT2D eigenvalue weighted by atomic mass is 10.0. The van der Waals surface area contributed by atoms with Gasteiger partial charge in [0, 0.05) is 5.69 Å². The molecule has 23 heavy (non-hydrogen) atoms. The average Bonchev–Trinajstić information content (AvgIpc) is 2.51. The fourth-order valence-corrected chi connectivity index (χ4v) is 1.86. The van der Waals surface area contributed by atoms with E-state index in [0.29, 0.717) is 5.69 Å². The predicted molar refractivity (Wildman–Crippen MR) is 86.8 cm³/mol. The second-order valence-corrected chi connectivity index (χ2v) is 5.66. The number of carbonyl (C=O) groups is 3. The van der Waals surface area contributed by atoms with Gasteiger partial charge in [0.1, 0.15) is 12.6 Å². The molecule has 126 valence electrons. The van der Waals surface area contributed by atoms with Crippen molar-refractivity contribution in [1.82, 2.24) is 5.32 Å². The molecule has 0 aromatic heterocycles. The number of hydrogen-bond donors (Lipinski definition) is 3. The maximum atomic E-state index is 12.5. The number of aliphatic carboxylic acids is 1. The lowest BCUT2D eigenvalue weighted by Crippen LogP contribution is -2.51. The van der Waals surface area contributed by atoms with Gasteiger partial charge >= 0.3 is 5.97 Å². The van der Waals surface area contributed by atoms with E-state index in [4.69, 9.17) is 10.8 Å². The Balaban J connectivity index is 2.95.